The number of rotatable bonds is 5. The number of carbonyl (C=O) groups is 1. The molecule has 37 heavy (non-hydrogen) atoms. The summed E-state index contributed by atoms with van der Waals surface area (Å²) in [5.41, 5.74) is 1.34. The van der Waals surface area contributed by atoms with Crippen LogP contribution in [0.4, 0.5) is 11.1 Å². The number of nitrogens with one attached hydrogen (secondary N) is 2. The van der Waals surface area contributed by atoms with Crippen LogP contribution in [0.3, 0.4) is 0 Å². The van der Waals surface area contributed by atoms with Crippen LogP contribution in [-0.4, -0.2) is 55.2 Å². The van der Waals surface area contributed by atoms with Crippen LogP contribution >= 0.6 is 22.7 Å². The Morgan fingerprint density at radius 2 is 1.84 bits per heavy atom. The summed E-state index contributed by atoms with van der Waals surface area (Å²) in [6.07, 6.45) is 5.92. The van der Waals surface area contributed by atoms with E-state index in [1.807, 2.05) is 6.92 Å². The van der Waals surface area contributed by atoms with Gasteiger partial charge in [-0.25, -0.2) is 19.7 Å². The molecule has 1 amide bonds. The van der Waals surface area contributed by atoms with Crippen LogP contribution in [0.5, 0.6) is 0 Å². The maximum absolute atomic E-state index is 12.9. The highest BCUT2D eigenvalue weighted by atomic mass is 32.1. The molecule has 2 aliphatic heterocycles. The van der Waals surface area contributed by atoms with Gasteiger partial charge in [0.05, 0.1) is 17.5 Å². The SMILES string of the molecule is Cc1sc(NC(=O)Cc2csc3c2c(=O)n(C)c(=O)n3C)nc1-c1cnc(N2C3CCC2CNC3)nc1. The summed E-state index contributed by atoms with van der Waals surface area (Å²) in [7, 11) is 3.06. The van der Waals surface area contributed by atoms with E-state index in [1.54, 1.807) is 24.8 Å². The predicted octanol–water partition coefficient (Wildman–Crippen LogP) is 1.64. The molecule has 2 aliphatic rings. The van der Waals surface area contributed by atoms with Crippen molar-refractivity contribution in [2.24, 2.45) is 14.1 Å². The van der Waals surface area contributed by atoms with Gasteiger partial charge in [0.2, 0.25) is 11.9 Å². The summed E-state index contributed by atoms with van der Waals surface area (Å²) in [5, 5.41) is 8.96. The molecule has 2 N–H and O–H groups in total. The van der Waals surface area contributed by atoms with E-state index in [2.05, 4.69) is 30.5 Å². The Morgan fingerprint density at radius 1 is 1.14 bits per heavy atom. The second-order valence-corrected chi connectivity index (χ2v) is 11.6. The number of thiazole rings is 1. The third-order valence-corrected chi connectivity index (χ3v) is 9.15. The van der Waals surface area contributed by atoms with Crippen molar-refractivity contribution in [3.05, 3.63) is 49.1 Å². The Labute approximate surface area is 219 Å². The van der Waals surface area contributed by atoms with Crippen molar-refractivity contribution in [2.45, 2.75) is 38.3 Å². The van der Waals surface area contributed by atoms with Gasteiger partial charge in [-0.15, -0.1) is 22.7 Å². The highest BCUT2D eigenvalue weighted by Gasteiger charge is 2.37. The molecule has 6 rings (SSSR count). The lowest BCUT2D eigenvalue weighted by Crippen LogP contribution is -2.52. The molecular weight excluding hydrogens is 512 g/mol. The molecule has 0 spiro atoms. The quantitative estimate of drug-likeness (QED) is 0.393. The largest absolute Gasteiger partial charge is 0.332 e. The van der Waals surface area contributed by atoms with Crippen molar-refractivity contribution in [3.63, 3.8) is 0 Å². The van der Waals surface area contributed by atoms with Crippen molar-refractivity contribution in [3.8, 4) is 11.3 Å². The van der Waals surface area contributed by atoms with E-state index in [9.17, 15) is 14.4 Å². The summed E-state index contributed by atoms with van der Waals surface area (Å²) in [6.45, 7) is 3.87. The smallest absolute Gasteiger partial charge is 0.331 e. The van der Waals surface area contributed by atoms with Crippen LogP contribution in [-0.2, 0) is 25.3 Å². The fourth-order valence-corrected chi connectivity index (χ4v) is 7.17. The van der Waals surface area contributed by atoms with E-state index in [-0.39, 0.29) is 12.3 Å². The zero-order valence-corrected chi connectivity index (χ0v) is 22.3. The first-order valence-corrected chi connectivity index (χ1v) is 13.8. The number of aromatic nitrogens is 5. The van der Waals surface area contributed by atoms with E-state index in [0.29, 0.717) is 33.0 Å². The van der Waals surface area contributed by atoms with Gasteiger partial charge in [0.25, 0.3) is 5.56 Å². The van der Waals surface area contributed by atoms with Gasteiger partial charge in [-0.3, -0.25) is 18.7 Å². The lowest BCUT2D eigenvalue weighted by molar-refractivity contribution is -0.115. The van der Waals surface area contributed by atoms with E-state index >= 15 is 0 Å². The number of aryl methyl sites for hydroxylation is 2. The Bertz CT molecular complexity index is 1620. The number of fused-ring (bicyclic) bond motifs is 3. The summed E-state index contributed by atoms with van der Waals surface area (Å²) in [6, 6.07) is 0.885. The number of nitrogens with zero attached hydrogens (tertiary/aromatic N) is 6. The molecule has 0 aliphatic carbocycles. The molecular formula is C24H26N8O3S2. The molecule has 2 unspecified atom stereocenters. The molecule has 0 saturated carbocycles. The topological polar surface area (TPSA) is 127 Å². The van der Waals surface area contributed by atoms with E-state index in [4.69, 9.17) is 0 Å². The highest BCUT2D eigenvalue weighted by molar-refractivity contribution is 7.17. The predicted molar refractivity (Wildman–Crippen MR) is 145 cm³/mol. The molecule has 13 heteroatoms. The molecule has 6 heterocycles. The maximum atomic E-state index is 12.9. The number of hydrogen-bond donors (Lipinski definition) is 2. The monoisotopic (exact) mass is 538 g/mol. The molecule has 2 bridgehead atoms. The van der Waals surface area contributed by atoms with Crippen molar-refractivity contribution < 1.29 is 4.79 Å². The van der Waals surface area contributed by atoms with Crippen molar-refractivity contribution in [1.29, 1.82) is 0 Å². The highest BCUT2D eigenvalue weighted by Crippen LogP contribution is 2.33. The molecule has 0 radical (unpaired) electrons. The number of carbonyl (C=O) groups excluding carboxylic acids is 1. The Morgan fingerprint density at radius 3 is 2.54 bits per heavy atom. The third kappa shape index (κ3) is 4.06. The molecule has 4 aromatic heterocycles. The molecule has 2 fully saturated rings. The standard InChI is InChI=1S/C24H26N8O3S2/c1-12-19(14-7-26-22(27-8-14)32-15-4-5-16(32)10-25-9-15)29-23(37-12)28-17(33)6-13-11-36-21-18(13)20(34)30(2)24(35)31(21)3/h7-8,11,15-16,25H,4-6,9-10H2,1-3H3,(H,28,29,33). The molecule has 2 atom stereocenters. The van der Waals surface area contributed by atoms with Gasteiger partial charge in [-0.2, -0.15) is 0 Å². The van der Waals surface area contributed by atoms with Gasteiger partial charge >= 0.3 is 5.69 Å². The van der Waals surface area contributed by atoms with Gasteiger partial charge in [0.15, 0.2) is 5.13 Å². The van der Waals surface area contributed by atoms with Crippen molar-refractivity contribution >= 4 is 49.9 Å². The lowest BCUT2D eigenvalue weighted by Gasteiger charge is -2.35. The molecule has 0 aromatic carbocycles. The molecule has 4 aromatic rings. The van der Waals surface area contributed by atoms with Crippen molar-refractivity contribution in [1.82, 2.24) is 29.4 Å². The number of thiophene rings is 1. The lowest BCUT2D eigenvalue weighted by atomic mass is 10.1. The van der Waals surface area contributed by atoms with Gasteiger partial charge < -0.3 is 15.5 Å². The van der Waals surface area contributed by atoms with Crippen LogP contribution in [0.15, 0.2) is 27.4 Å². The van der Waals surface area contributed by atoms with E-state index in [1.165, 1.54) is 34.3 Å². The second-order valence-electron chi connectivity index (χ2n) is 9.52. The average molecular weight is 539 g/mol. The number of hydrogen-bond acceptors (Lipinski definition) is 10. The zero-order chi connectivity index (χ0) is 25.8. The van der Waals surface area contributed by atoms with E-state index in [0.717, 1.165) is 52.6 Å². The number of amides is 1. The minimum absolute atomic E-state index is 0.00619. The van der Waals surface area contributed by atoms with E-state index < -0.39 is 11.2 Å². The fourth-order valence-electron chi connectivity index (χ4n) is 5.29. The van der Waals surface area contributed by atoms with Crippen LogP contribution in [0.25, 0.3) is 21.5 Å². The van der Waals surface area contributed by atoms with Gasteiger partial charge in [-0.1, -0.05) is 0 Å². The zero-order valence-electron chi connectivity index (χ0n) is 20.6. The third-order valence-electron chi connectivity index (χ3n) is 7.16. The second kappa shape index (κ2) is 9.15. The summed E-state index contributed by atoms with van der Waals surface area (Å²) in [5.74, 6) is 0.475. The van der Waals surface area contributed by atoms with Gasteiger partial charge in [0.1, 0.15) is 4.83 Å². The van der Waals surface area contributed by atoms with Crippen LogP contribution in [0, 0.1) is 6.92 Å². The number of piperazine rings is 1. The number of anilines is 2. The van der Waals surface area contributed by atoms with Crippen LogP contribution in [0.1, 0.15) is 23.3 Å². The van der Waals surface area contributed by atoms with Crippen LogP contribution < -0.4 is 26.8 Å². The van der Waals surface area contributed by atoms with Crippen molar-refractivity contribution in [2.75, 3.05) is 23.3 Å². The van der Waals surface area contributed by atoms with Gasteiger partial charge in [0, 0.05) is 62.1 Å². The Hall–Kier alpha value is -3.42. The minimum atomic E-state index is -0.396. The average Bonchev–Trinajstić information content (AvgIpc) is 3.54. The maximum Gasteiger partial charge on any atom is 0.331 e. The normalized spacial score (nSPS) is 19.1. The summed E-state index contributed by atoms with van der Waals surface area (Å²) >= 11 is 2.66. The first-order chi connectivity index (χ1) is 17.8. The first-order valence-electron chi connectivity index (χ1n) is 12.1. The Balaban J connectivity index is 1.19. The summed E-state index contributed by atoms with van der Waals surface area (Å²) in [4.78, 5) is 55.5. The Kier molecular flexibility index (Phi) is 5.92. The fraction of sp³-hybridized carbons (Fsp3) is 0.417. The first kappa shape index (κ1) is 23.9. The molecule has 2 saturated heterocycles. The summed E-state index contributed by atoms with van der Waals surface area (Å²) < 4.78 is 2.49. The minimum Gasteiger partial charge on any atom is -0.332 e. The molecule has 192 valence electrons. The van der Waals surface area contributed by atoms with Crippen LogP contribution in [0.2, 0.25) is 0 Å². The molecule has 11 nitrogen and oxygen atoms in total. The van der Waals surface area contributed by atoms with Gasteiger partial charge in [-0.05, 0) is 30.7 Å².